The number of carbonyl (C=O) groups is 3. The van der Waals surface area contributed by atoms with Crippen LogP contribution in [0.3, 0.4) is 0 Å². The summed E-state index contributed by atoms with van der Waals surface area (Å²) in [5.74, 6) is -1.75. The average molecular weight is 725 g/mol. The number of ether oxygens (including phenoxy) is 2. The van der Waals surface area contributed by atoms with Crippen LogP contribution in [0.4, 0.5) is 17.1 Å². The number of primary amides is 2. The minimum absolute atomic E-state index is 0.0203. The van der Waals surface area contributed by atoms with Crippen LogP contribution in [0.2, 0.25) is 0 Å². The third kappa shape index (κ3) is 7.97. The van der Waals surface area contributed by atoms with Crippen molar-refractivity contribution in [3.63, 3.8) is 0 Å². The number of nitrogens with zero attached hydrogens (tertiary/aromatic N) is 3. The highest BCUT2D eigenvalue weighted by Crippen LogP contribution is 2.38. The molecule has 1 fully saturated rings. The standard InChI is InChI=1S/C33H36N6O9S2/c1-47-24-8-12-26(13-9-24)50(45,46)39(21-32(35)41)30-15-14-29(27-4-2-3-5-28(27)30)38(20-31(34)40)49(43,44)25-10-6-23(7-11-25)36-33(42)22-37-16-18-48-19-17-37/h2-15H,16-22H2,1H3,(H2,34,40)(H2,35,41)(H,36,42). The van der Waals surface area contributed by atoms with Crippen LogP contribution in [-0.4, -0.2) is 92.5 Å². The van der Waals surface area contributed by atoms with Crippen molar-refractivity contribution in [1.29, 1.82) is 0 Å². The Hall–Kier alpha value is -5.23. The molecule has 1 aliphatic heterocycles. The summed E-state index contributed by atoms with van der Waals surface area (Å²) in [6.45, 7) is 0.990. The lowest BCUT2D eigenvalue weighted by Gasteiger charge is -2.28. The van der Waals surface area contributed by atoms with E-state index in [0.717, 1.165) is 8.61 Å². The number of benzene rings is 4. The molecule has 1 saturated heterocycles. The van der Waals surface area contributed by atoms with E-state index in [2.05, 4.69) is 5.32 Å². The molecule has 264 valence electrons. The first kappa shape index (κ1) is 36.1. The molecule has 0 atom stereocenters. The van der Waals surface area contributed by atoms with Gasteiger partial charge in [-0.05, 0) is 60.7 Å². The van der Waals surface area contributed by atoms with Gasteiger partial charge in [-0.1, -0.05) is 24.3 Å². The number of carbonyl (C=O) groups excluding carboxylic acids is 3. The van der Waals surface area contributed by atoms with Crippen LogP contribution in [0.15, 0.2) is 94.7 Å². The summed E-state index contributed by atoms with van der Waals surface area (Å²) in [6, 6.07) is 20.0. The number of methoxy groups -OCH3 is 1. The first-order valence-electron chi connectivity index (χ1n) is 15.3. The van der Waals surface area contributed by atoms with Gasteiger partial charge in [0.1, 0.15) is 18.8 Å². The molecule has 0 aliphatic carbocycles. The average Bonchev–Trinajstić information content (AvgIpc) is 3.09. The molecule has 5 N–H and O–H groups in total. The zero-order chi connectivity index (χ0) is 36.1. The molecule has 0 unspecified atom stereocenters. The maximum Gasteiger partial charge on any atom is 0.264 e. The SMILES string of the molecule is COc1ccc(S(=O)(=O)N(CC(N)=O)c2ccc(N(CC(N)=O)S(=O)(=O)c3ccc(NC(=O)CN4CCOCC4)cc3)c3ccccc23)cc1. The van der Waals surface area contributed by atoms with Crippen LogP contribution < -0.4 is 30.1 Å². The van der Waals surface area contributed by atoms with Crippen LogP contribution in [0.5, 0.6) is 5.75 Å². The summed E-state index contributed by atoms with van der Waals surface area (Å²) in [7, 11) is -7.40. The second kappa shape index (κ2) is 15.1. The number of morpholine rings is 1. The monoisotopic (exact) mass is 724 g/mol. The molecule has 15 nitrogen and oxygen atoms in total. The number of sulfonamides is 2. The predicted molar refractivity (Wildman–Crippen MR) is 187 cm³/mol. The van der Waals surface area contributed by atoms with E-state index in [1.54, 1.807) is 24.3 Å². The van der Waals surface area contributed by atoms with Crippen LogP contribution >= 0.6 is 0 Å². The minimum atomic E-state index is -4.46. The maximum atomic E-state index is 14.1. The molecule has 50 heavy (non-hydrogen) atoms. The Balaban J connectivity index is 1.52. The van der Waals surface area contributed by atoms with Gasteiger partial charge in [0.05, 0.1) is 48.0 Å². The van der Waals surface area contributed by atoms with Crippen LogP contribution in [-0.2, 0) is 39.2 Å². The van der Waals surface area contributed by atoms with Crippen molar-refractivity contribution in [2.45, 2.75) is 9.79 Å². The number of nitrogens with two attached hydrogens (primary N) is 2. The van der Waals surface area contributed by atoms with Crippen molar-refractivity contribution in [3.8, 4) is 5.75 Å². The number of fused-ring (bicyclic) bond motifs is 1. The molecule has 5 rings (SSSR count). The molecule has 0 spiro atoms. The molecule has 3 amide bonds. The number of rotatable bonds is 14. The highest BCUT2D eigenvalue weighted by atomic mass is 32.2. The fourth-order valence-corrected chi connectivity index (χ4v) is 8.36. The molecular formula is C33H36N6O9S2. The Morgan fingerprint density at radius 3 is 1.64 bits per heavy atom. The zero-order valence-corrected chi connectivity index (χ0v) is 28.7. The molecule has 0 aromatic heterocycles. The lowest BCUT2D eigenvalue weighted by molar-refractivity contribution is -0.118. The molecule has 0 saturated carbocycles. The van der Waals surface area contributed by atoms with Crippen molar-refractivity contribution in [3.05, 3.63) is 84.9 Å². The normalized spacial score (nSPS) is 13.8. The van der Waals surface area contributed by atoms with Gasteiger partial charge in [0.15, 0.2) is 0 Å². The second-order valence-corrected chi connectivity index (χ2v) is 15.0. The van der Waals surface area contributed by atoms with Crippen molar-refractivity contribution in [2.24, 2.45) is 11.5 Å². The fraction of sp³-hybridized carbons (Fsp3) is 0.242. The number of hydrogen-bond donors (Lipinski definition) is 3. The molecule has 0 bridgehead atoms. The molecular weight excluding hydrogens is 689 g/mol. The lowest BCUT2D eigenvalue weighted by Crippen LogP contribution is -2.41. The van der Waals surface area contributed by atoms with E-state index in [-0.39, 0.29) is 44.4 Å². The third-order valence-electron chi connectivity index (χ3n) is 7.86. The summed E-state index contributed by atoms with van der Waals surface area (Å²) in [5, 5.41) is 3.23. The van der Waals surface area contributed by atoms with E-state index >= 15 is 0 Å². The van der Waals surface area contributed by atoms with Crippen molar-refractivity contribution < 1.29 is 40.7 Å². The molecule has 4 aromatic rings. The Kier molecular flexibility index (Phi) is 10.9. The van der Waals surface area contributed by atoms with Gasteiger partial charge < -0.3 is 26.3 Å². The van der Waals surface area contributed by atoms with Crippen molar-refractivity contribution in [1.82, 2.24) is 4.90 Å². The highest BCUT2D eigenvalue weighted by Gasteiger charge is 2.32. The van der Waals surface area contributed by atoms with E-state index < -0.39 is 45.0 Å². The van der Waals surface area contributed by atoms with Crippen LogP contribution in [0.1, 0.15) is 0 Å². The first-order chi connectivity index (χ1) is 23.8. The van der Waals surface area contributed by atoms with Gasteiger partial charge >= 0.3 is 0 Å². The highest BCUT2D eigenvalue weighted by molar-refractivity contribution is 7.93. The maximum absolute atomic E-state index is 14.1. The molecule has 4 aromatic carbocycles. The van der Waals surface area contributed by atoms with E-state index in [9.17, 15) is 31.2 Å². The van der Waals surface area contributed by atoms with E-state index in [4.69, 9.17) is 20.9 Å². The Morgan fingerprint density at radius 2 is 1.20 bits per heavy atom. The topological polar surface area (TPSA) is 212 Å². The largest absolute Gasteiger partial charge is 0.497 e. The van der Waals surface area contributed by atoms with Crippen LogP contribution in [0, 0.1) is 0 Å². The Morgan fingerprint density at radius 1 is 0.740 bits per heavy atom. The Bertz CT molecular complexity index is 2100. The summed E-state index contributed by atoms with van der Waals surface area (Å²) >= 11 is 0. The Labute approximate surface area is 289 Å². The fourth-order valence-electron chi connectivity index (χ4n) is 5.46. The van der Waals surface area contributed by atoms with E-state index in [0.29, 0.717) is 37.7 Å². The third-order valence-corrected chi connectivity index (χ3v) is 11.4. The van der Waals surface area contributed by atoms with Gasteiger partial charge in [-0.15, -0.1) is 0 Å². The summed E-state index contributed by atoms with van der Waals surface area (Å²) < 4.78 is 68.1. The number of anilines is 3. The molecule has 1 heterocycles. The van der Waals surface area contributed by atoms with E-state index in [1.165, 1.54) is 67.8 Å². The van der Waals surface area contributed by atoms with Crippen LogP contribution in [0.25, 0.3) is 10.8 Å². The summed E-state index contributed by atoms with van der Waals surface area (Å²) in [5.41, 5.74) is 11.4. The molecule has 0 radical (unpaired) electrons. The quantitative estimate of drug-likeness (QED) is 0.170. The number of amides is 3. The van der Waals surface area contributed by atoms with Gasteiger partial charge in [-0.2, -0.15) is 0 Å². The smallest absolute Gasteiger partial charge is 0.264 e. The zero-order valence-electron chi connectivity index (χ0n) is 27.0. The van der Waals surface area contributed by atoms with Gasteiger partial charge in [-0.25, -0.2) is 16.8 Å². The van der Waals surface area contributed by atoms with Crippen molar-refractivity contribution >= 4 is 65.6 Å². The second-order valence-electron chi connectivity index (χ2n) is 11.2. The molecule has 17 heteroatoms. The summed E-state index contributed by atoms with van der Waals surface area (Å²) in [6.07, 6.45) is 0. The van der Waals surface area contributed by atoms with Gasteiger partial charge in [0.2, 0.25) is 17.7 Å². The van der Waals surface area contributed by atoms with Crippen molar-refractivity contribution in [2.75, 3.05) is 67.0 Å². The van der Waals surface area contributed by atoms with Gasteiger partial charge in [0.25, 0.3) is 20.0 Å². The number of nitrogens with one attached hydrogen (secondary N) is 1. The number of hydrogen-bond acceptors (Lipinski definition) is 10. The molecule has 1 aliphatic rings. The first-order valence-corrected chi connectivity index (χ1v) is 18.2. The van der Waals surface area contributed by atoms with Gasteiger partial charge in [0, 0.05) is 29.5 Å². The lowest BCUT2D eigenvalue weighted by atomic mass is 10.1. The minimum Gasteiger partial charge on any atom is -0.497 e. The van der Waals surface area contributed by atoms with Gasteiger partial charge in [-0.3, -0.25) is 27.9 Å². The summed E-state index contributed by atoms with van der Waals surface area (Å²) in [4.78, 5) is 38.6. The predicted octanol–water partition coefficient (Wildman–Crippen LogP) is 1.48. The van der Waals surface area contributed by atoms with E-state index in [1.807, 2.05) is 4.90 Å².